The second-order valence-corrected chi connectivity index (χ2v) is 5.95. The Kier molecular flexibility index (Phi) is 4.60. The summed E-state index contributed by atoms with van der Waals surface area (Å²) in [5.41, 5.74) is 0.391. The first-order chi connectivity index (χ1) is 6.95. The van der Waals surface area contributed by atoms with E-state index in [0.717, 1.165) is 0 Å². The van der Waals surface area contributed by atoms with Gasteiger partial charge < -0.3 is 5.32 Å². The summed E-state index contributed by atoms with van der Waals surface area (Å²) < 4.78 is 0. The molecule has 0 saturated carbocycles. The van der Waals surface area contributed by atoms with E-state index >= 15 is 0 Å². The fourth-order valence-electron chi connectivity index (χ4n) is 2.20. The maximum atomic E-state index is 3.63. The SMILES string of the molecule is CCC1CN(C(C)C(C)(C)C)CCCN1. The molecular formula is C13H28N2. The van der Waals surface area contributed by atoms with E-state index in [1.807, 2.05) is 0 Å². The van der Waals surface area contributed by atoms with Gasteiger partial charge in [-0.25, -0.2) is 0 Å². The summed E-state index contributed by atoms with van der Waals surface area (Å²) in [5, 5.41) is 3.63. The average molecular weight is 212 g/mol. The first-order valence-electron chi connectivity index (χ1n) is 6.42. The topological polar surface area (TPSA) is 15.3 Å². The van der Waals surface area contributed by atoms with E-state index in [9.17, 15) is 0 Å². The molecule has 0 aliphatic carbocycles. The minimum atomic E-state index is 0.391. The third kappa shape index (κ3) is 3.76. The third-order valence-electron chi connectivity index (χ3n) is 3.80. The summed E-state index contributed by atoms with van der Waals surface area (Å²) in [6.45, 7) is 15.3. The smallest absolute Gasteiger partial charge is 0.0192 e. The van der Waals surface area contributed by atoms with Crippen LogP contribution in [0.25, 0.3) is 0 Å². The first kappa shape index (κ1) is 13.0. The molecule has 0 spiro atoms. The lowest BCUT2D eigenvalue weighted by Crippen LogP contribution is -2.46. The molecule has 0 bridgehead atoms. The monoisotopic (exact) mass is 212 g/mol. The Morgan fingerprint density at radius 1 is 1.40 bits per heavy atom. The van der Waals surface area contributed by atoms with Crippen molar-refractivity contribution in [2.45, 2.75) is 59.5 Å². The third-order valence-corrected chi connectivity index (χ3v) is 3.80. The summed E-state index contributed by atoms with van der Waals surface area (Å²) in [6, 6.07) is 1.36. The molecule has 1 fully saturated rings. The van der Waals surface area contributed by atoms with Crippen molar-refractivity contribution in [3.05, 3.63) is 0 Å². The van der Waals surface area contributed by atoms with Crippen molar-refractivity contribution in [3.63, 3.8) is 0 Å². The molecule has 2 atom stereocenters. The van der Waals surface area contributed by atoms with Crippen LogP contribution in [0.4, 0.5) is 0 Å². The van der Waals surface area contributed by atoms with Gasteiger partial charge in [-0.2, -0.15) is 0 Å². The Morgan fingerprint density at radius 3 is 2.60 bits per heavy atom. The number of hydrogen-bond acceptors (Lipinski definition) is 2. The van der Waals surface area contributed by atoms with Gasteiger partial charge in [-0.15, -0.1) is 0 Å². The molecule has 2 heteroatoms. The Balaban J connectivity index is 2.59. The summed E-state index contributed by atoms with van der Waals surface area (Å²) in [5.74, 6) is 0. The molecule has 1 saturated heterocycles. The van der Waals surface area contributed by atoms with Crippen LogP contribution < -0.4 is 5.32 Å². The molecule has 15 heavy (non-hydrogen) atoms. The van der Waals surface area contributed by atoms with Crippen molar-refractivity contribution < 1.29 is 0 Å². The zero-order valence-electron chi connectivity index (χ0n) is 11.1. The van der Waals surface area contributed by atoms with Crippen LogP contribution in [0, 0.1) is 5.41 Å². The second-order valence-electron chi connectivity index (χ2n) is 5.95. The van der Waals surface area contributed by atoms with E-state index in [-0.39, 0.29) is 0 Å². The molecule has 1 aliphatic rings. The van der Waals surface area contributed by atoms with E-state index < -0.39 is 0 Å². The van der Waals surface area contributed by atoms with E-state index in [0.29, 0.717) is 17.5 Å². The van der Waals surface area contributed by atoms with E-state index in [4.69, 9.17) is 0 Å². The van der Waals surface area contributed by atoms with Crippen LogP contribution in [0.1, 0.15) is 47.5 Å². The van der Waals surface area contributed by atoms with Gasteiger partial charge in [0, 0.05) is 18.6 Å². The van der Waals surface area contributed by atoms with Crippen molar-refractivity contribution >= 4 is 0 Å². The van der Waals surface area contributed by atoms with E-state index in [2.05, 4.69) is 44.8 Å². The maximum Gasteiger partial charge on any atom is 0.0192 e. The molecule has 90 valence electrons. The van der Waals surface area contributed by atoms with Crippen molar-refractivity contribution in [1.82, 2.24) is 10.2 Å². The number of nitrogens with zero attached hydrogens (tertiary/aromatic N) is 1. The Bertz CT molecular complexity index is 183. The van der Waals surface area contributed by atoms with Gasteiger partial charge >= 0.3 is 0 Å². The number of rotatable bonds is 2. The number of nitrogens with one attached hydrogen (secondary N) is 1. The molecule has 0 aromatic heterocycles. The van der Waals surface area contributed by atoms with Crippen LogP contribution in [0.5, 0.6) is 0 Å². The average Bonchev–Trinajstić information content (AvgIpc) is 2.39. The predicted molar refractivity (Wildman–Crippen MR) is 67.2 cm³/mol. The van der Waals surface area contributed by atoms with Crippen LogP contribution in [0.3, 0.4) is 0 Å². The lowest BCUT2D eigenvalue weighted by atomic mass is 9.86. The molecule has 1 aliphatic heterocycles. The highest BCUT2D eigenvalue weighted by molar-refractivity contribution is 4.84. The zero-order chi connectivity index (χ0) is 11.5. The maximum absolute atomic E-state index is 3.63. The first-order valence-corrected chi connectivity index (χ1v) is 6.42. The van der Waals surface area contributed by atoms with Crippen molar-refractivity contribution in [1.29, 1.82) is 0 Å². The van der Waals surface area contributed by atoms with Gasteiger partial charge in [0.05, 0.1) is 0 Å². The van der Waals surface area contributed by atoms with Gasteiger partial charge in [-0.05, 0) is 38.3 Å². The number of hydrogen-bond donors (Lipinski definition) is 1. The van der Waals surface area contributed by atoms with Gasteiger partial charge in [0.1, 0.15) is 0 Å². The largest absolute Gasteiger partial charge is 0.313 e. The molecule has 0 radical (unpaired) electrons. The zero-order valence-corrected chi connectivity index (χ0v) is 11.1. The molecule has 2 unspecified atom stereocenters. The highest BCUT2D eigenvalue weighted by atomic mass is 15.2. The van der Waals surface area contributed by atoms with Crippen LogP contribution in [-0.4, -0.2) is 36.6 Å². The van der Waals surface area contributed by atoms with E-state index in [1.54, 1.807) is 0 Å². The molecule has 0 aromatic carbocycles. The fourth-order valence-corrected chi connectivity index (χ4v) is 2.20. The minimum absolute atomic E-state index is 0.391. The summed E-state index contributed by atoms with van der Waals surface area (Å²) in [4.78, 5) is 2.66. The van der Waals surface area contributed by atoms with Gasteiger partial charge in [0.2, 0.25) is 0 Å². The lowest BCUT2D eigenvalue weighted by Gasteiger charge is -2.38. The highest BCUT2D eigenvalue weighted by Gasteiger charge is 2.28. The molecule has 0 amide bonds. The molecule has 1 rings (SSSR count). The van der Waals surface area contributed by atoms with Gasteiger partial charge in [-0.3, -0.25) is 4.90 Å². The molecule has 1 N–H and O–H groups in total. The molecule has 0 aromatic rings. The fraction of sp³-hybridized carbons (Fsp3) is 1.00. The Hall–Kier alpha value is -0.0800. The molecular weight excluding hydrogens is 184 g/mol. The highest BCUT2D eigenvalue weighted by Crippen LogP contribution is 2.25. The standard InChI is InChI=1S/C13H28N2/c1-6-12-10-15(9-7-8-14-12)11(2)13(3,4)5/h11-12,14H,6-10H2,1-5H3. The minimum Gasteiger partial charge on any atom is -0.313 e. The van der Waals surface area contributed by atoms with Gasteiger partial charge in [0.15, 0.2) is 0 Å². The normalized spacial score (nSPS) is 27.4. The summed E-state index contributed by atoms with van der Waals surface area (Å²) in [7, 11) is 0. The van der Waals surface area contributed by atoms with Gasteiger partial charge in [-0.1, -0.05) is 27.7 Å². The van der Waals surface area contributed by atoms with E-state index in [1.165, 1.54) is 32.5 Å². The van der Waals surface area contributed by atoms with Crippen molar-refractivity contribution in [3.8, 4) is 0 Å². The summed E-state index contributed by atoms with van der Waals surface area (Å²) >= 11 is 0. The second kappa shape index (κ2) is 5.31. The Morgan fingerprint density at radius 2 is 2.07 bits per heavy atom. The van der Waals surface area contributed by atoms with Crippen molar-refractivity contribution in [2.24, 2.45) is 5.41 Å². The lowest BCUT2D eigenvalue weighted by molar-refractivity contribution is 0.110. The molecule has 1 heterocycles. The quantitative estimate of drug-likeness (QED) is 0.756. The van der Waals surface area contributed by atoms with Crippen LogP contribution >= 0.6 is 0 Å². The molecule has 2 nitrogen and oxygen atoms in total. The van der Waals surface area contributed by atoms with Crippen LogP contribution in [-0.2, 0) is 0 Å². The van der Waals surface area contributed by atoms with Crippen LogP contribution in [0.15, 0.2) is 0 Å². The predicted octanol–water partition coefficient (Wildman–Crippen LogP) is 2.49. The Labute approximate surface area is 95.4 Å². The van der Waals surface area contributed by atoms with Crippen LogP contribution in [0.2, 0.25) is 0 Å². The summed E-state index contributed by atoms with van der Waals surface area (Å²) in [6.07, 6.45) is 2.53. The van der Waals surface area contributed by atoms with Crippen molar-refractivity contribution in [2.75, 3.05) is 19.6 Å². The van der Waals surface area contributed by atoms with Gasteiger partial charge in [0.25, 0.3) is 0 Å².